The number of carbonyl (C=O) groups is 2. The molecule has 0 heterocycles. The summed E-state index contributed by atoms with van der Waals surface area (Å²) in [5.41, 5.74) is 2.57. The number of amides is 2. The van der Waals surface area contributed by atoms with Crippen LogP contribution >= 0.6 is 12.2 Å². The highest BCUT2D eigenvalue weighted by atomic mass is 32.1. The summed E-state index contributed by atoms with van der Waals surface area (Å²) >= 11 is 5.15. The molecule has 2 rings (SSSR count). The monoisotopic (exact) mass is 327 g/mol. The summed E-state index contributed by atoms with van der Waals surface area (Å²) in [6.45, 7) is 1.86. The predicted molar refractivity (Wildman–Crippen MR) is 94.7 cm³/mol. The SMILES string of the molecule is CNC(=O)c1cccc(NC(=S)NC(=O)c2ccccc2C)c1. The zero-order chi connectivity index (χ0) is 16.8. The Morgan fingerprint density at radius 3 is 2.43 bits per heavy atom. The Morgan fingerprint density at radius 2 is 1.74 bits per heavy atom. The van der Waals surface area contributed by atoms with Crippen LogP contribution in [0.3, 0.4) is 0 Å². The van der Waals surface area contributed by atoms with Gasteiger partial charge in [-0.25, -0.2) is 0 Å². The fraction of sp³-hybridized carbons (Fsp3) is 0.118. The number of anilines is 1. The lowest BCUT2D eigenvalue weighted by molar-refractivity contribution is 0.0959. The average molecular weight is 327 g/mol. The second-order valence-electron chi connectivity index (χ2n) is 4.88. The van der Waals surface area contributed by atoms with Crippen molar-refractivity contribution in [1.82, 2.24) is 10.6 Å². The van der Waals surface area contributed by atoms with Crippen LogP contribution in [0.25, 0.3) is 0 Å². The standard InChI is InChI=1S/C17H17N3O2S/c1-11-6-3-4-9-14(11)16(22)20-17(23)19-13-8-5-7-12(10-13)15(21)18-2/h3-10H,1-2H3,(H,18,21)(H2,19,20,22,23). The Hall–Kier alpha value is -2.73. The van der Waals surface area contributed by atoms with Crippen molar-refractivity contribution in [3.05, 3.63) is 65.2 Å². The second-order valence-corrected chi connectivity index (χ2v) is 5.29. The first-order valence-corrected chi connectivity index (χ1v) is 7.42. The van der Waals surface area contributed by atoms with Crippen molar-refractivity contribution in [3.63, 3.8) is 0 Å². The molecule has 118 valence electrons. The summed E-state index contributed by atoms with van der Waals surface area (Å²) < 4.78 is 0. The maximum atomic E-state index is 12.2. The quantitative estimate of drug-likeness (QED) is 0.758. The van der Waals surface area contributed by atoms with Gasteiger partial charge in [0.1, 0.15) is 0 Å². The van der Waals surface area contributed by atoms with Gasteiger partial charge in [-0.2, -0.15) is 0 Å². The van der Waals surface area contributed by atoms with Crippen molar-refractivity contribution in [2.75, 3.05) is 12.4 Å². The van der Waals surface area contributed by atoms with Gasteiger partial charge in [0.15, 0.2) is 5.11 Å². The summed E-state index contributed by atoms with van der Waals surface area (Å²) in [6.07, 6.45) is 0. The normalized spacial score (nSPS) is 9.83. The van der Waals surface area contributed by atoms with Crippen molar-refractivity contribution < 1.29 is 9.59 Å². The molecule has 0 fully saturated rings. The Morgan fingerprint density at radius 1 is 1.00 bits per heavy atom. The molecule has 23 heavy (non-hydrogen) atoms. The van der Waals surface area contributed by atoms with Gasteiger partial charge in [-0.05, 0) is 49.0 Å². The minimum atomic E-state index is -0.275. The van der Waals surface area contributed by atoms with Crippen molar-refractivity contribution in [1.29, 1.82) is 0 Å². The summed E-state index contributed by atoms with van der Waals surface area (Å²) in [5.74, 6) is -0.466. The van der Waals surface area contributed by atoms with Gasteiger partial charge in [0.05, 0.1) is 0 Å². The molecule has 0 aliphatic heterocycles. The van der Waals surface area contributed by atoms with Gasteiger partial charge in [0.2, 0.25) is 0 Å². The zero-order valence-corrected chi connectivity index (χ0v) is 13.7. The van der Waals surface area contributed by atoms with Crippen LogP contribution in [0.5, 0.6) is 0 Å². The van der Waals surface area contributed by atoms with E-state index in [0.717, 1.165) is 5.56 Å². The van der Waals surface area contributed by atoms with Crippen molar-refractivity contribution >= 4 is 34.8 Å². The summed E-state index contributed by atoms with van der Waals surface area (Å²) in [4.78, 5) is 23.8. The Balaban J connectivity index is 2.04. The zero-order valence-electron chi connectivity index (χ0n) is 12.8. The van der Waals surface area contributed by atoms with E-state index >= 15 is 0 Å². The molecule has 0 saturated heterocycles. The minimum Gasteiger partial charge on any atom is -0.355 e. The molecule has 5 nitrogen and oxygen atoms in total. The van der Waals surface area contributed by atoms with E-state index in [1.54, 1.807) is 43.4 Å². The molecule has 0 atom stereocenters. The van der Waals surface area contributed by atoms with E-state index in [1.165, 1.54) is 0 Å². The second kappa shape index (κ2) is 7.51. The number of benzene rings is 2. The Kier molecular flexibility index (Phi) is 5.43. The first-order valence-electron chi connectivity index (χ1n) is 7.01. The molecule has 2 aromatic carbocycles. The van der Waals surface area contributed by atoms with E-state index in [9.17, 15) is 9.59 Å². The van der Waals surface area contributed by atoms with Crippen LogP contribution in [0.4, 0.5) is 5.69 Å². The topological polar surface area (TPSA) is 70.2 Å². The van der Waals surface area contributed by atoms with Gasteiger partial charge in [-0.15, -0.1) is 0 Å². The number of thiocarbonyl (C=S) groups is 1. The Bertz CT molecular complexity index is 759. The van der Waals surface area contributed by atoms with Gasteiger partial charge in [-0.1, -0.05) is 24.3 Å². The number of hydrogen-bond acceptors (Lipinski definition) is 3. The van der Waals surface area contributed by atoms with Crippen molar-refractivity contribution in [2.24, 2.45) is 0 Å². The van der Waals surface area contributed by atoms with Gasteiger partial charge in [0, 0.05) is 23.9 Å². The smallest absolute Gasteiger partial charge is 0.257 e. The number of nitrogens with one attached hydrogen (secondary N) is 3. The van der Waals surface area contributed by atoms with Gasteiger partial charge in [-0.3, -0.25) is 14.9 Å². The van der Waals surface area contributed by atoms with Crippen LogP contribution in [0, 0.1) is 6.92 Å². The third-order valence-electron chi connectivity index (χ3n) is 3.23. The number of carbonyl (C=O) groups excluding carboxylic acids is 2. The maximum Gasteiger partial charge on any atom is 0.257 e. The lowest BCUT2D eigenvalue weighted by Crippen LogP contribution is -2.34. The predicted octanol–water partition coefficient (Wildman–Crippen LogP) is 2.48. The molecule has 3 N–H and O–H groups in total. The van der Waals surface area contributed by atoms with E-state index in [4.69, 9.17) is 12.2 Å². The van der Waals surface area contributed by atoms with E-state index in [2.05, 4.69) is 16.0 Å². The maximum absolute atomic E-state index is 12.2. The molecule has 6 heteroatoms. The third-order valence-corrected chi connectivity index (χ3v) is 3.43. The lowest BCUT2D eigenvalue weighted by Gasteiger charge is -2.11. The molecular formula is C17H17N3O2S. The number of rotatable bonds is 3. The number of aryl methyl sites for hydroxylation is 1. The molecule has 0 aliphatic rings. The molecule has 0 aliphatic carbocycles. The third kappa shape index (κ3) is 4.37. The Labute approximate surface area is 140 Å². The van der Waals surface area contributed by atoms with E-state index in [-0.39, 0.29) is 16.9 Å². The molecule has 0 spiro atoms. The van der Waals surface area contributed by atoms with Crippen molar-refractivity contribution in [2.45, 2.75) is 6.92 Å². The molecule has 2 amide bonds. The summed E-state index contributed by atoms with van der Waals surface area (Å²) in [6, 6.07) is 14.1. The minimum absolute atomic E-state index is 0.173. The van der Waals surface area contributed by atoms with Gasteiger partial charge >= 0.3 is 0 Å². The highest BCUT2D eigenvalue weighted by molar-refractivity contribution is 7.80. The molecule has 0 bridgehead atoms. The molecule has 0 unspecified atom stereocenters. The molecule has 0 radical (unpaired) electrons. The van der Waals surface area contributed by atoms with E-state index in [0.29, 0.717) is 16.8 Å². The summed E-state index contributed by atoms with van der Waals surface area (Å²) in [7, 11) is 1.56. The van der Waals surface area contributed by atoms with Crippen LogP contribution in [0.1, 0.15) is 26.3 Å². The molecule has 0 saturated carbocycles. The van der Waals surface area contributed by atoms with Crippen LogP contribution in [0.15, 0.2) is 48.5 Å². The van der Waals surface area contributed by atoms with Gasteiger partial charge < -0.3 is 10.6 Å². The fourth-order valence-electron chi connectivity index (χ4n) is 2.04. The van der Waals surface area contributed by atoms with E-state index < -0.39 is 0 Å². The first kappa shape index (κ1) is 16.6. The molecule has 2 aromatic rings. The summed E-state index contributed by atoms with van der Waals surface area (Å²) in [5, 5.41) is 8.26. The van der Waals surface area contributed by atoms with Crippen LogP contribution in [0.2, 0.25) is 0 Å². The van der Waals surface area contributed by atoms with Gasteiger partial charge in [0.25, 0.3) is 11.8 Å². The largest absolute Gasteiger partial charge is 0.355 e. The van der Waals surface area contributed by atoms with Crippen LogP contribution < -0.4 is 16.0 Å². The highest BCUT2D eigenvalue weighted by Gasteiger charge is 2.10. The highest BCUT2D eigenvalue weighted by Crippen LogP contribution is 2.11. The average Bonchev–Trinajstić information content (AvgIpc) is 2.54. The van der Waals surface area contributed by atoms with Crippen LogP contribution in [-0.2, 0) is 0 Å². The number of hydrogen-bond donors (Lipinski definition) is 3. The van der Waals surface area contributed by atoms with Crippen molar-refractivity contribution in [3.8, 4) is 0 Å². The first-order chi connectivity index (χ1) is 11.0. The lowest BCUT2D eigenvalue weighted by atomic mass is 10.1. The van der Waals surface area contributed by atoms with E-state index in [1.807, 2.05) is 19.1 Å². The fourth-order valence-corrected chi connectivity index (χ4v) is 2.25. The van der Waals surface area contributed by atoms with Crippen LogP contribution in [-0.4, -0.2) is 24.0 Å². The molecular weight excluding hydrogens is 310 g/mol. The molecule has 0 aromatic heterocycles.